The highest BCUT2D eigenvalue weighted by molar-refractivity contribution is 5.76. The molecule has 0 aliphatic carbocycles. The number of aliphatic carboxylic acids is 1. The van der Waals surface area contributed by atoms with Crippen molar-refractivity contribution in [3.8, 4) is 11.5 Å². The molecule has 1 unspecified atom stereocenters. The average Bonchev–Trinajstić information content (AvgIpc) is 2.64. The fraction of sp³-hybridized carbons (Fsp3) is 0.174. The molecule has 3 nitrogen and oxygen atoms in total. The monoisotopic (exact) mass is 346 g/mol. The van der Waals surface area contributed by atoms with Crippen LogP contribution >= 0.6 is 0 Å². The Morgan fingerprint density at radius 1 is 0.962 bits per heavy atom. The van der Waals surface area contributed by atoms with Gasteiger partial charge in [0.2, 0.25) is 0 Å². The summed E-state index contributed by atoms with van der Waals surface area (Å²) < 4.78 is 5.94. The van der Waals surface area contributed by atoms with Gasteiger partial charge in [0.25, 0.3) is 0 Å². The van der Waals surface area contributed by atoms with Gasteiger partial charge in [0.15, 0.2) is 0 Å². The van der Waals surface area contributed by atoms with Crippen molar-refractivity contribution in [2.75, 3.05) is 0 Å². The summed E-state index contributed by atoms with van der Waals surface area (Å²) in [7, 11) is 0. The first kappa shape index (κ1) is 17.7. The van der Waals surface area contributed by atoms with E-state index >= 15 is 0 Å². The van der Waals surface area contributed by atoms with Crippen LogP contribution in [0.5, 0.6) is 11.5 Å². The zero-order valence-corrected chi connectivity index (χ0v) is 15.0. The number of carboxylic acid groups (broad SMARTS) is 1. The molecule has 3 aromatic rings. The maximum Gasteiger partial charge on any atom is 0.311 e. The highest BCUT2D eigenvalue weighted by Crippen LogP contribution is 2.27. The molecule has 0 fully saturated rings. The number of ether oxygens (including phenoxy) is 1. The van der Waals surface area contributed by atoms with E-state index in [1.54, 1.807) is 0 Å². The summed E-state index contributed by atoms with van der Waals surface area (Å²) in [6.45, 7) is 4.07. The van der Waals surface area contributed by atoms with Crippen molar-refractivity contribution in [1.82, 2.24) is 0 Å². The predicted octanol–water partition coefficient (Wildman–Crippen LogP) is 5.51. The fourth-order valence-corrected chi connectivity index (χ4v) is 3.00. The summed E-state index contributed by atoms with van der Waals surface area (Å²) in [6.07, 6.45) is 0.448. The Labute approximate surface area is 153 Å². The molecule has 132 valence electrons. The van der Waals surface area contributed by atoms with E-state index in [1.807, 2.05) is 73.7 Å². The molecular formula is C23H22O3. The number of hydrogen-bond donors (Lipinski definition) is 1. The highest BCUT2D eigenvalue weighted by Gasteiger charge is 2.20. The molecule has 0 aromatic heterocycles. The van der Waals surface area contributed by atoms with E-state index in [0.717, 1.165) is 28.2 Å². The van der Waals surface area contributed by atoms with Crippen LogP contribution in [0.1, 0.15) is 28.2 Å². The van der Waals surface area contributed by atoms with Crippen molar-refractivity contribution in [2.45, 2.75) is 26.2 Å². The van der Waals surface area contributed by atoms with Gasteiger partial charge in [0.05, 0.1) is 5.92 Å². The number of benzene rings is 3. The first-order valence-electron chi connectivity index (χ1n) is 8.65. The molecule has 0 spiro atoms. The summed E-state index contributed by atoms with van der Waals surface area (Å²) in [5, 5.41) is 9.57. The van der Waals surface area contributed by atoms with Crippen molar-refractivity contribution in [1.29, 1.82) is 0 Å². The Balaban J connectivity index is 1.73. The van der Waals surface area contributed by atoms with E-state index < -0.39 is 11.9 Å². The van der Waals surface area contributed by atoms with Crippen LogP contribution in [0.2, 0.25) is 0 Å². The number of carboxylic acids is 1. The Kier molecular flexibility index (Phi) is 5.37. The molecule has 0 heterocycles. The Morgan fingerprint density at radius 3 is 2.27 bits per heavy atom. The molecule has 0 bridgehead atoms. The molecule has 1 atom stereocenters. The van der Waals surface area contributed by atoms with Crippen LogP contribution in [0, 0.1) is 13.8 Å². The van der Waals surface area contributed by atoms with Crippen LogP contribution < -0.4 is 4.74 Å². The Morgan fingerprint density at radius 2 is 1.65 bits per heavy atom. The van der Waals surface area contributed by atoms with Gasteiger partial charge in [-0.25, -0.2) is 0 Å². The zero-order chi connectivity index (χ0) is 18.5. The summed E-state index contributed by atoms with van der Waals surface area (Å²) >= 11 is 0. The largest absolute Gasteiger partial charge is 0.481 e. The van der Waals surface area contributed by atoms with Crippen LogP contribution in [0.3, 0.4) is 0 Å². The molecule has 0 saturated heterocycles. The van der Waals surface area contributed by atoms with Gasteiger partial charge < -0.3 is 9.84 Å². The van der Waals surface area contributed by atoms with Crippen LogP contribution in [-0.4, -0.2) is 11.1 Å². The smallest absolute Gasteiger partial charge is 0.311 e. The van der Waals surface area contributed by atoms with Gasteiger partial charge in [-0.05, 0) is 55.2 Å². The second-order valence-corrected chi connectivity index (χ2v) is 6.52. The second kappa shape index (κ2) is 7.87. The molecule has 26 heavy (non-hydrogen) atoms. The Bertz CT molecular complexity index is 883. The molecule has 3 heteroatoms. The number of carbonyl (C=O) groups is 1. The van der Waals surface area contributed by atoms with Crippen LogP contribution in [0.25, 0.3) is 0 Å². The van der Waals surface area contributed by atoms with E-state index in [-0.39, 0.29) is 0 Å². The van der Waals surface area contributed by atoms with E-state index in [2.05, 4.69) is 13.0 Å². The van der Waals surface area contributed by atoms with E-state index in [1.165, 1.54) is 5.56 Å². The molecule has 0 aliphatic rings. The van der Waals surface area contributed by atoms with E-state index in [4.69, 9.17) is 4.74 Å². The number of rotatable bonds is 6. The zero-order valence-electron chi connectivity index (χ0n) is 15.0. The first-order chi connectivity index (χ1) is 12.5. The lowest BCUT2D eigenvalue weighted by atomic mass is 9.92. The molecular weight excluding hydrogens is 324 g/mol. The van der Waals surface area contributed by atoms with E-state index in [0.29, 0.717) is 6.42 Å². The molecule has 0 saturated carbocycles. The van der Waals surface area contributed by atoms with Gasteiger partial charge in [-0.3, -0.25) is 4.79 Å². The lowest BCUT2D eigenvalue weighted by molar-refractivity contribution is -0.138. The van der Waals surface area contributed by atoms with Crippen molar-refractivity contribution in [3.05, 3.63) is 95.1 Å². The summed E-state index contributed by atoms with van der Waals surface area (Å²) in [5.41, 5.74) is 4.07. The maximum atomic E-state index is 11.7. The summed E-state index contributed by atoms with van der Waals surface area (Å²) in [6, 6.07) is 23.0. The third-order valence-electron chi connectivity index (χ3n) is 4.42. The normalized spacial score (nSPS) is 11.8. The van der Waals surface area contributed by atoms with Gasteiger partial charge in [0.1, 0.15) is 11.5 Å². The van der Waals surface area contributed by atoms with Gasteiger partial charge in [-0.15, -0.1) is 0 Å². The SMILES string of the molecule is Cc1ccc(Oc2ccc(CC(C(=O)O)c3ccccc3)cc2)c(C)c1. The standard InChI is InChI=1S/C23H22O3/c1-16-8-13-22(17(2)14-16)26-20-11-9-18(10-12-20)15-21(23(24)25)19-6-4-3-5-7-19/h3-14,21H,15H2,1-2H3,(H,24,25). The minimum atomic E-state index is -0.813. The van der Waals surface area contributed by atoms with Gasteiger partial charge >= 0.3 is 5.97 Å². The summed E-state index contributed by atoms with van der Waals surface area (Å²) in [4.78, 5) is 11.7. The van der Waals surface area contributed by atoms with Crippen molar-refractivity contribution < 1.29 is 14.6 Å². The molecule has 1 N–H and O–H groups in total. The Hall–Kier alpha value is -3.07. The lowest BCUT2D eigenvalue weighted by Crippen LogP contribution is -2.14. The van der Waals surface area contributed by atoms with E-state index in [9.17, 15) is 9.90 Å². The predicted molar refractivity (Wildman–Crippen MR) is 103 cm³/mol. The third kappa shape index (κ3) is 4.31. The molecule has 0 aliphatic heterocycles. The summed E-state index contributed by atoms with van der Waals surface area (Å²) in [5.74, 6) is 0.206. The number of aryl methyl sites for hydroxylation is 2. The van der Waals surface area contributed by atoms with Gasteiger partial charge in [-0.2, -0.15) is 0 Å². The minimum Gasteiger partial charge on any atom is -0.481 e. The van der Waals surface area contributed by atoms with Gasteiger partial charge in [0, 0.05) is 0 Å². The maximum absolute atomic E-state index is 11.7. The van der Waals surface area contributed by atoms with Crippen LogP contribution in [0.15, 0.2) is 72.8 Å². The fourth-order valence-electron chi connectivity index (χ4n) is 3.00. The molecule has 0 amide bonds. The minimum absolute atomic E-state index is 0.448. The van der Waals surface area contributed by atoms with Crippen molar-refractivity contribution in [3.63, 3.8) is 0 Å². The second-order valence-electron chi connectivity index (χ2n) is 6.52. The lowest BCUT2D eigenvalue weighted by Gasteiger charge is -2.14. The average molecular weight is 346 g/mol. The third-order valence-corrected chi connectivity index (χ3v) is 4.42. The molecule has 3 rings (SSSR count). The van der Waals surface area contributed by atoms with Gasteiger partial charge in [-0.1, -0.05) is 60.2 Å². The first-order valence-corrected chi connectivity index (χ1v) is 8.65. The van der Waals surface area contributed by atoms with Crippen LogP contribution in [-0.2, 0) is 11.2 Å². The highest BCUT2D eigenvalue weighted by atomic mass is 16.5. The number of hydrogen-bond acceptors (Lipinski definition) is 2. The quantitative estimate of drug-likeness (QED) is 0.640. The van der Waals surface area contributed by atoms with Crippen molar-refractivity contribution >= 4 is 5.97 Å². The van der Waals surface area contributed by atoms with Crippen molar-refractivity contribution in [2.24, 2.45) is 0 Å². The molecule has 3 aromatic carbocycles. The molecule has 0 radical (unpaired) electrons. The van der Waals surface area contributed by atoms with Crippen LogP contribution in [0.4, 0.5) is 0 Å². The topological polar surface area (TPSA) is 46.5 Å².